The van der Waals surface area contributed by atoms with Crippen LogP contribution in [0.15, 0.2) is 42.5 Å². The van der Waals surface area contributed by atoms with E-state index >= 15 is 0 Å². The predicted octanol–water partition coefficient (Wildman–Crippen LogP) is 4.16. The average molecular weight is 413 g/mol. The molecule has 0 saturated carbocycles. The van der Waals surface area contributed by atoms with Gasteiger partial charge in [-0.3, -0.25) is 9.59 Å². The number of nitrogens with one attached hydrogen (secondary N) is 2. The lowest BCUT2D eigenvalue weighted by Crippen LogP contribution is -2.45. The highest BCUT2D eigenvalue weighted by Gasteiger charge is 2.32. The highest BCUT2D eigenvalue weighted by molar-refractivity contribution is 6.30. The molecule has 1 atom stereocenters. The number of carbonyl (C=O) groups excluding carboxylic acids is 2. The van der Waals surface area contributed by atoms with Gasteiger partial charge in [0.15, 0.2) is 0 Å². The molecule has 1 aliphatic heterocycles. The van der Waals surface area contributed by atoms with Crippen LogP contribution < -0.4 is 15.4 Å². The number of halogens is 4. The molecule has 1 aliphatic rings. The second-order valence-electron chi connectivity index (χ2n) is 6.28. The molecule has 1 unspecified atom stereocenters. The van der Waals surface area contributed by atoms with Crippen LogP contribution in [0.25, 0.3) is 0 Å². The molecule has 1 fully saturated rings. The first-order valence-electron chi connectivity index (χ1n) is 8.44. The van der Waals surface area contributed by atoms with E-state index in [-0.39, 0.29) is 23.6 Å². The van der Waals surface area contributed by atoms with Crippen molar-refractivity contribution in [3.05, 3.63) is 58.6 Å². The third-order valence-electron chi connectivity index (χ3n) is 4.17. The first kappa shape index (κ1) is 20.0. The predicted molar refractivity (Wildman–Crippen MR) is 96.5 cm³/mol. The molecule has 1 heterocycles. The number of rotatable bonds is 4. The Labute approximate surface area is 163 Å². The van der Waals surface area contributed by atoms with Gasteiger partial charge >= 0.3 is 6.18 Å². The third-order valence-corrected chi connectivity index (χ3v) is 4.43. The highest BCUT2D eigenvalue weighted by atomic mass is 35.5. The van der Waals surface area contributed by atoms with Crippen LogP contribution in [-0.4, -0.2) is 24.4 Å². The van der Waals surface area contributed by atoms with Gasteiger partial charge in [0.1, 0.15) is 11.5 Å². The summed E-state index contributed by atoms with van der Waals surface area (Å²) in [6.45, 7) is 0.389. The summed E-state index contributed by atoms with van der Waals surface area (Å²) in [5.74, 6) is -0.684. The van der Waals surface area contributed by atoms with Crippen molar-refractivity contribution in [3.8, 4) is 11.5 Å². The summed E-state index contributed by atoms with van der Waals surface area (Å²) in [5.41, 5.74) is -1.24. The van der Waals surface area contributed by atoms with Crippen LogP contribution in [0.4, 0.5) is 13.2 Å². The van der Waals surface area contributed by atoms with E-state index in [0.717, 1.165) is 18.2 Å². The van der Waals surface area contributed by atoms with Gasteiger partial charge in [-0.2, -0.15) is 13.2 Å². The quantitative estimate of drug-likeness (QED) is 0.792. The molecule has 2 amide bonds. The summed E-state index contributed by atoms with van der Waals surface area (Å²) in [5, 5.41) is 5.71. The van der Waals surface area contributed by atoms with E-state index in [2.05, 4.69) is 10.6 Å². The molecule has 9 heteroatoms. The molecular formula is C19H16ClF3N2O3. The van der Waals surface area contributed by atoms with Gasteiger partial charge in [0, 0.05) is 24.0 Å². The lowest BCUT2D eigenvalue weighted by molar-refractivity contribution is -0.137. The van der Waals surface area contributed by atoms with Crippen molar-refractivity contribution in [1.82, 2.24) is 10.6 Å². The number of carbonyl (C=O) groups is 2. The monoisotopic (exact) mass is 412 g/mol. The summed E-state index contributed by atoms with van der Waals surface area (Å²) in [6, 6.07) is 8.40. The standard InChI is InChI=1S/C19H16ClF3N2O3/c20-12-2-4-14(5-3-12)28-16-6-1-11(19(21,22)23)9-15(16)18(27)25-13-7-8-24-17(26)10-13/h1-6,9,13H,7-8,10H2,(H,24,26)(H,25,27). The summed E-state index contributed by atoms with van der Waals surface area (Å²) in [4.78, 5) is 24.1. The van der Waals surface area contributed by atoms with Crippen LogP contribution in [0.1, 0.15) is 28.8 Å². The summed E-state index contributed by atoms with van der Waals surface area (Å²) in [6.07, 6.45) is -4.06. The minimum Gasteiger partial charge on any atom is -0.457 e. The fourth-order valence-electron chi connectivity index (χ4n) is 2.77. The molecular weight excluding hydrogens is 397 g/mol. The van der Waals surface area contributed by atoms with Crippen molar-refractivity contribution in [2.24, 2.45) is 0 Å². The smallest absolute Gasteiger partial charge is 0.416 e. The molecule has 0 aromatic heterocycles. The van der Waals surface area contributed by atoms with E-state index in [0.29, 0.717) is 23.7 Å². The molecule has 28 heavy (non-hydrogen) atoms. The second kappa shape index (κ2) is 8.10. The van der Waals surface area contributed by atoms with Crippen LogP contribution in [0.5, 0.6) is 11.5 Å². The molecule has 2 aromatic rings. The maximum atomic E-state index is 13.1. The van der Waals surface area contributed by atoms with Gasteiger partial charge in [-0.05, 0) is 48.9 Å². The van der Waals surface area contributed by atoms with Gasteiger partial charge in [0.25, 0.3) is 5.91 Å². The summed E-state index contributed by atoms with van der Waals surface area (Å²) < 4.78 is 44.9. The third kappa shape index (κ3) is 4.95. The number of alkyl halides is 3. The van der Waals surface area contributed by atoms with Crippen molar-refractivity contribution in [3.63, 3.8) is 0 Å². The Morgan fingerprint density at radius 2 is 1.89 bits per heavy atom. The van der Waals surface area contributed by atoms with Crippen LogP contribution in [0, 0.1) is 0 Å². The molecule has 3 rings (SSSR count). The Balaban J connectivity index is 1.89. The Hall–Kier alpha value is -2.74. The molecule has 0 aliphatic carbocycles. The fourth-order valence-corrected chi connectivity index (χ4v) is 2.90. The number of amides is 2. The number of piperidine rings is 1. The lowest BCUT2D eigenvalue weighted by Gasteiger charge is -2.23. The zero-order valence-corrected chi connectivity index (χ0v) is 15.2. The number of ether oxygens (including phenoxy) is 1. The van der Waals surface area contributed by atoms with Crippen LogP contribution in [0.2, 0.25) is 5.02 Å². The molecule has 2 N–H and O–H groups in total. The van der Waals surface area contributed by atoms with Gasteiger partial charge in [-0.25, -0.2) is 0 Å². The van der Waals surface area contributed by atoms with Crippen LogP contribution in [-0.2, 0) is 11.0 Å². The molecule has 0 bridgehead atoms. The largest absolute Gasteiger partial charge is 0.457 e. The van der Waals surface area contributed by atoms with Gasteiger partial charge in [-0.15, -0.1) is 0 Å². The van der Waals surface area contributed by atoms with Crippen LogP contribution >= 0.6 is 11.6 Å². The Kier molecular flexibility index (Phi) is 5.79. The number of benzene rings is 2. The molecule has 1 saturated heterocycles. The van der Waals surface area contributed by atoms with Crippen molar-refractivity contribution in [2.45, 2.75) is 25.1 Å². The second-order valence-corrected chi connectivity index (χ2v) is 6.71. The van der Waals surface area contributed by atoms with Gasteiger partial charge in [0.2, 0.25) is 5.91 Å². The Morgan fingerprint density at radius 1 is 1.18 bits per heavy atom. The van der Waals surface area contributed by atoms with Gasteiger partial charge < -0.3 is 15.4 Å². The normalized spacial score (nSPS) is 17.0. The molecule has 2 aromatic carbocycles. The molecule has 148 valence electrons. The summed E-state index contributed by atoms with van der Waals surface area (Å²) in [7, 11) is 0. The Bertz CT molecular complexity index is 885. The van der Waals surface area contributed by atoms with Crippen molar-refractivity contribution >= 4 is 23.4 Å². The maximum absolute atomic E-state index is 13.1. The Morgan fingerprint density at radius 3 is 2.54 bits per heavy atom. The zero-order valence-electron chi connectivity index (χ0n) is 14.5. The molecule has 0 spiro atoms. The van der Waals surface area contributed by atoms with Gasteiger partial charge in [-0.1, -0.05) is 11.6 Å². The first-order valence-corrected chi connectivity index (χ1v) is 8.82. The molecule has 0 radical (unpaired) electrons. The molecule has 5 nitrogen and oxygen atoms in total. The highest BCUT2D eigenvalue weighted by Crippen LogP contribution is 2.34. The zero-order chi connectivity index (χ0) is 20.3. The number of hydrogen-bond donors (Lipinski definition) is 2. The van der Waals surface area contributed by atoms with E-state index < -0.39 is 23.7 Å². The van der Waals surface area contributed by atoms with Crippen molar-refractivity contribution < 1.29 is 27.5 Å². The SMILES string of the molecule is O=C1CC(NC(=O)c2cc(C(F)(F)F)ccc2Oc2ccc(Cl)cc2)CCN1. The van der Waals surface area contributed by atoms with E-state index in [1.807, 2.05) is 0 Å². The van der Waals surface area contributed by atoms with Crippen LogP contribution in [0.3, 0.4) is 0 Å². The minimum absolute atomic E-state index is 0.0342. The number of hydrogen-bond acceptors (Lipinski definition) is 3. The maximum Gasteiger partial charge on any atom is 0.416 e. The van der Waals surface area contributed by atoms with E-state index in [1.54, 1.807) is 12.1 Å². The van der Waals surface area contributed by atoms with Gasteiger partial charge in [0.05, 0.1) is 11.1 Å². The van der Waals surface area contributed by atoms with E-state index in [4.69, 9.17) is 16.3 Å². The van der Waals surface area contributed by atoms with Crippen molar-refractivity contribution in [2.75, 3.05) is 6.54 Å². The van der Waals surface area contributed by atoms with Crippen molar-refractivity contribution in [1.29, 1.82) is 0 Å². The lowest BCUT2D eigenvalue weighted by atomic mass is 10.0. The van der Waals surface area contributed by atoms with E-state index in [9.17, 15) is 22.8 Å². The van der Waals surface area contributed by atoms with E-state index in [1.165, 1.54) is 12.1 Å². The minimum atomic E-state index is -4.61. The summed E-state index contributed by atoms with van der Waals surface area (Å²) >= 11 is 5.81. The first-order chi connectivity index (χ1) is 13.2. The topological polar surface area (TPSA) is 67.4 Å². The average Bonchev–Trinajstić information content (AvgIpc) is 2.63. The fraction of sp³-hybridized carbons (Fsp3) is 0.263.